The van der Waals surface area contributed by atoms with Gasteiger partial charge in [0.05, 0.1) is 43.1 Å². The van der Waals surface area contributed by atoms with Crippen LogP contribution in [0.2, 0.25) is 0 Å². The van der Waals surface area contributed by atoms with Gasteiger partial charge in [-0.1, -0.05) is 0 Å². The smallest absolute Gasteiger partial charge is 0.306 e. The first kappa shape index (κ1) is 39.9. The van der Waals surface area contributed by atoms with Crippen molar-refractivity contribution in [1.82, 2.24) is 29.7 Å². The Bertz CT molecular complexity index is 1920. The molecule has 0 bridgehead atoms. The number of carbonyl (C=O) groups excluding carboxylic acids is 1. The molecular formula is C42H55N7O7S2. The number of rotatable bonds is 8. The van der Waals surface area contributed by atoms with E-state index in [1.807, 2.05) is 0 Å². The summed E-state index contributed by atoms with van der Waals surface area (Å²) < 4.78 is 23.8. The van der Waals surface area contributed by atoms with Crippen molar-refractivity contribution in [3.05, 3.63) is 33.5 Å². The molecule has 4 aliphatic carbocycles. The quantitative estimate of drug-likeness (QED) is 0.237. The zero-order valence-electron chi connectivity index (χ0n) is 33.1. The number of hydrogen-bond acceptors (Lipinski definition) is 14. The van der Waals surface area contributed by atoms with Crippen LogP contribution in [0, 0.1) is 11.8 Å². The van der Waals surface area contributed by atoms with Gasteiger partial charge in [-0.25, -0.2) is 19.9 Å². The van der Waals surface area contributed by atoms with Crippen LogP contribution in [-0.4, -0.2) is 124 Å². The Hall–Kier alpha value is -3.54. The molecule has 312 valence electrons. The number of primary amides is 1. The van der Waals surface area contributed by atoms with Crippen LogP contribution in [0.15, 0.2) is 12.7 Å². The van der Waals surface area contributed by atoms with Gasteiger partial charge in [0.1, 0.15) is 34.5 Å². The van der Waals surface area contributed by atoms with E-state index in [2.05, 4.69) is 29.7 Å². The SMILES string of the molecule is NC(=O)[C@H]1CCc2sc3ncnc(OC4CCC(N5CCOCC5)CC4)c3c2C1.O=C(O)[C@H]1CCc2sc3ncnc(OC4CCC(N5CCOCC5)CC4)c3c2C1. The van der Waals surface area contributed by atoms with Crippen molar-refractivity contribution >= 4 is 55.0 Å². The second-order valence-electron chi connectivity index (χ2n) is 16.7. The lowest BCUT2D eigenvalue weighted by Gasteiger charge is -2.38. The summed E-state index contributed by atoms with van der Waals surface area (Å²) in [5, 5.41) is 11.4. The molecule has 4 fully saturated rings. The average Bonchev–Trinajstić information content (AvgIpc) is 3.84. The first-order valence-corrected chi connectivity index (χ1v) is 23.0. The maximum Gasteiger partial charge on any atom is 0.306 e. The van der Waals surface area contributed by atoms with E-state index < -0.39 is 5.97 Å². The molecule has 1 amide bonds. The topological polar surface area (TPSA) is 175 Å². The van der Waals surface area contributed by atoms with E-state index in [9.17, 15) is 14.7 Å². The highest BCUT2D eigenvalue weighted by molar-refractivity contribution is 7.19. The van der Waals surface area contributed by atoms with E-state index in [0.29, 0.717) is 43.1 Å². The first-order valence-electron chi connectivity index (χ1n) is 21.4. The van der Waals surface area contributed by atoms with Gasteiger partial charge < -0.3 is 29.8 Å². The maximum atomic E-state index is 11.7. The third-order valence-corrected chi connectivity index (χ3v) is 15.7. The molecule has 4 aromatic rings. The molecule has 0 spiro atoms. The van der Waals surface area contributed by atoms with Gasteiger partial charge in [-0.05, 0) is 101 Å². The number of aryl methyl sites for hydroxylation is 2. The normalized spacial score (nSPS) is 28.2. The van der Waals surface area contributed by atoms with E-state index in [0.717, 1.165) is 149 Å². The lowest BCUT2D eigenvalue weighted by molar-refractivity contribution is -0.142. The number of nitrogens with zero attached hydrogens (tertiary/aromatic N) is 6. The van der Waals surface area contributed by atoms with Gasteiger partial charge in [0.2, 0.25) is 17.7 Å². The molecule has 6 heterocycles. The molecule has 16 heteroatoms. The molecule has 0 aromatic carbocycles. The van der Waals surface area contributed by atoms with Crippen molar-refractivity contribution in [3.8, 4) is 11.8 Å². The number of amides is 1. The number of aromatic nitrogens is 4. The summed E-state index contributed by atoms with van der Waals surface area (Å²) in [5.74, 6) is -0.0121. The lowest BCUT2D eigenvalue weighted by atomic mass is 9.87. The molecule has 0 radical (unpaired) electrons. The van der Waals surface area contributed by atoms with Gasteiger partial charge in [0.15, 0.2) is 0 Å². The molecule has 58 heavy (non-hydrogen) atoms. The molecule has 3 N–H and O–H groups in total. The Kier molecular flexibility index (Phi) is 12.4. The molecule has 2 saturated carbocycles. The van der Waals surface area contributed by atoms with Gasteiger partial charge in [-0.3, -0.25) is 19.4 Å². The molecule has 10 rings (SSSR count). The van der Waals surface area contributed by atoms with Gasteiger partial charge in [0.25, 0.3) is 0 Å². The van der Waals surface area contributed by atoms with Gasteiger partial charge in [-0.15, -0.1) is 22.7 Å². The number of hydrogen-bond donors (Lipinski definition) is 2. The highest BCUT2D eigenvalue weighted by atomic mass is 32.1. The number of carboxylic acids is 1. The average molecular weight is 834 g/mol. The Morgan fingerprint density at radius 1 is 0.638 bits per heavy atom. The number of ether oxygens (including phenoxy) is 4. The van der Waals surface area contributed by atoms with Crippen LogP contribution < -0.4 is 15.2 Å². The summed E-state index contributed by atoms with van der Waals surface area (Å²) in [6.45, 7) is 7.56. The monoisotopic (exact) mass is 833 g/mol. The lowest BCUT2D eigenvalue weighted by Crippen LogP contribution is -2.46. The Balaban J connectivity index is 0.000000150. The third-order valence-electron chi connectivity index (χ3n) is 13.3. The number of aliphatic carboxylic acids is 1. The number of morpholine rings is 2. The Morgan fingerprint density at radius 2 is 1.07 bits per heavy atom. The zero-order chi connectivity index (χ0) is 39.6. The molecule has 4 aromatic heterocycles. The minimum absolute atomic E-state index is 0.0997. The largest absolute Gasteiger partial charge is 0.481 e. The molecule has 2 saturated heterocycles. The van der Waals surface area contributed by atoms with Crippen LogP contribution in [-0.2, 0) is 44.7 Å². The minimum Gasteiger partial charge on any atom is -0.481 e. The number of thiophene rings is 2. The second kappa shape index (κ2) is 18.0. The summed E-state index contributed by atoms with van der Waals surface area (Å²) in [6.07, 6.45) is 16.7. The highest BCUT2D eigenvalue weighted by Crippen LogP contribution is 2.43. The van der Waals surface area contributed by atoms with E-state index >= 15 is 0 Å². The molecule has 14 nitrogen and oxygen atoms in total. The van der Waals surface area contributed by atoms with E-state index in [4.69, 9.17) is 24.7 Å². The predicted molar refractivity (Wildman–Crippen MR) is 221 cm³/mol. The highest BCUT2D eigenvalue weighted by Gasteiger charge is 2.34. The van der Waals surface area contributed by atoms with E-state index in [1.165, 1.54) is 15.3 Å². The first-order chi connectivity index (χ1) is 28.4. The molecule has 6 aliphatic rings. The van der Waals surface area contributed by atoms with Crippen LogP contribution in [0.4, 0.5) is 0 Å². The van der Waals surface area contributed by atoms with Crippen LogP contribution in [0.3, 0.4) is 0 Å². The van der Waals surface area contributed by atoms with Gasteiger partial charge in [0, 0.05) is 53.9 Å². The fourth-order valence-electron chi connectivity index (χ4n) is 10.0. The van der Waals surface area contributed by atoms with Crippen LogP contribution >= 0.6 is 22.7 Å². The number of carboxylic acid groups (broad SMARTS) is 1. The molecule has 0 unspecified atom stereocenters. The second-order valence-corrected chi connectivity index (χ2v) is 18.9. The van der Waals surface area contributed by atoms with Crippen molar-refractivity contribution in [3.63, 3.8) is 0 Å². The molecular weight excluding hydrogens is 779 g/mol. The summed E-state index contributed by atoms with van der Waals surface area (Å²) in [7, 11) is 0. The fraction of sp³-hybridized carbons (Fsp3) is 0.667. The predicted octanol–water partition coefficient (Wildman–Crippen LogP) is 5.21. The number of nitrogens with two attached hydrogens (primary N) is 1. The van der Waals surface area contributed by atoms with Crippen LogP contribution in [0.5, 0.6) is 11.8 Å². The third kappa shape index (κ3) is 8.69. The molecule has 2 aliphatic heterocycles. The summed E-state index contributed by atoms with van der Waals surface area (Å²) in [5.41, 5.74) is 7.87. The summed E-state index contributed by atoms with van der Waals surface area (Å²) in [4.78, 5) is 50.7. The number of carbonyl (C=O) groups is 2. The standard InChI is InChI=1S/C21H28N4O3S.C21H27N3O4S/c22-19(26)13-1-6-17-16(11-13)18-20(23-12-24-21(18)29-17)28-15-4-2-14(3-5-15)25-7-9-27-10-8-25;25-21(26)13-1-6-17-16(11-13)18-19(22-12-23-20(18)29-17)28-15-4-2-14(3-5-15)24-7-9-27-10-8-24/h12-15H,1-11H2,(H2,22,26);12-15H,1-11H2,(H,25,26)/t2*13-,14?,15?/m00/s1. The fourth-order valence-corrected chi connectivity index (χ4v) is 12.4. The van der Waals surface area contributed by atoms with Crippen molar-refractivity contribution in [2.45, 2.75) is 114 Å². The van der Waals surface area contributed by atoms with Gasteiger partial charge in [-0.2, -0.15) is 0 Å². The molecule has 2 atom stereocenters. The van der Waals surface area contributed by atoms with Crippen molar-refractivity contribution in [2.75, 3.05) is 52.6 Å². The van der Waals surface area contributed by atoms with Crippen LogP contribution in [0.1, 0.15) is 85.1 Å². The number of fused-ring (bicyclic) bond motifs is 6. The Labute approximate surface area is 346 Å². The van der Waals surface area contributed by atoms with E-state index in [-0.39, 0.29) is 30.0 Å². The summed E-state index contributed by atoms with van der Waals surface area (Å²) in [6, 6.07) is 1.28. The Morgan fingerprint density at radius 3 is 1.50 bits per heavy atom. The summed E-state index contributed by atoms with van der Waals surface area (Å²) >= 11 is 3.37. The zero-order valence-corrected chi connectivity index (χ0v) is 34.8. The van der Waals surface area contributed by atoms with Crippen molar-refractivity contribution < 1.29 is 33.6 Å². The minimum atomic E-state index is -0.712. The van der Waals surface area contributed by atoms with Crippen molar-refractivity contribution in [1.29, 1.82) is 0 Å². The maximum absolute atomic E-state index is 11.7. The van der Waals surface area contributed by atoms with Crippen LogP contribution in [0.25, 0.3) is 20.4 Å². The van der Waals surface area contributed by atoms with Crippen molar-refractivity contribution in [2.24, 2.45) is 17.6 Å². The van der Waals surface area contributed by atoms with E-state index in [1.54, 1.807) is 35.3 Å². The van der Waals surface area contributed by atoms with Gasteiger partial charge >= 0.3 is 5.97 Å².